The maximum Gasteiger partial charge on any atom is 0.252 e. The number of carbonyl (C=O) groups is 1. The Morgan fingerprint density at radius 1 is 1.50 bits per heavy atom. The smallest absolute Gasteiger partial charge is 0.252 e. The first-order valence-electron chi connectivity index (χ1n) is 6.22. The van der Waals surface area contributed by atoms with Crippen molar-refractivity contribution in [3.05, 3.63) is 29.6 Å². The van der Waals surface area contributed by atoms with Crippen molar-refractivity contribution in [2.45, 2.75) is 19.3 Å². The Hall–Kier alpha value is -1.86. The Morgan fingerprint density at radius 2 is 2.33 bits per heavy atom. The molecular formula is C14H17N3O. The first-order valence-corrected chi connectivity index (χ1v) is 6.22. The van der Waals surface area contributed by atoms with Gasteiger partial charge in [-0.05, 0) is 18.4 Å². The SMILES string of the molecule is NCC#Cc1cncc(C(=O)NCCC2CC2)c1. The van der Waals surface area contributed by atoms with E-state index in [2.05, 4.69) is 22.1 Å². The van der Waals surface area contributed by atoms with Crippen LogP contribution in [-0.2, 0) is 0 Å². The molecule has 1 aliphatic carbocycles. The first kappa shape index (κ1) is 12.6. The van der Waals surface area contributed by atoms with Gasteiger partial charge in [0.05, 0.1) is 12.1 Å². The average molecular weight is 243 g/mol. The largest absolute Gasteiger partial charge is 0.352 e. The molecule has 0 aliphatic heterocycles. The second-order valence-electron chi connectivity index (χ2n) is 4.46. The second kappa shape index (κ2) is 6.18. The molecule has 1 aromatic heterocycles. The zero-order valence-corrected chi connectivity index (χ0v) is 10.3. The van der Waals surface area contributed by atoms with Gasteiger partial charge in [0.2, 0.25) is 0 Å². The molecule has 0 saturated heterocycles. The Balaban J connectivity index is 1.91. The fourth-order valence-corrected chi connectivity index (χ4v) is 1.68. The predicted molar refractivity (Wildman–Crippen MR) is 69.8 cm³/mol. The molecular weight excluding hydrogens is 226 g/mol. The van der Waals surface area contributed by atoms with Crippen molar-refractivity contribution in [3.8, 4) is 11.8 Å². The van der Waals surface area contributed by atoms with Crippen molar-refractivity contribution in [1.29, 1.82) is 0 Å². The van der Waals surface area contributed by atoms with Crippen LogP contribution in [0.3, 0.4) is 0 Å². The molecule has 0 atom stereocenters. The highest BCUT2D eigenvalue weighted by molar-refractivity contribution is 5.94. The Kier molecular flexibility index (Phi) is 4.32. The van der Waals surface area contributed by atoms with Gasteiger partial charge < -0.3 is 11.1 Å². The van der Waals surface area contributed by atoms with Gasteiger partial charge in [0.1, 0.15) is 0 Å². The van der Waals surface area contributed by atoms with E-state index < -0.39 is 0 Å². The monoisotopic (exact) mass is 243 g/mol. The lowest BCUT2D eigenvalue weighted by atomic mass is 10.2. The van der Waals surface area contributed by atoms with Crippen LogP contribution in [0.5, 0.6) is 0 Å². The van der Waals surface area contributed by atoms with Gasteiger partial charge in [-0.25, -0.2) is 0 Å². The second-order valence-corrected chi connectivity index (χ2v) is 4.46. The maximum absolute atomic E-state index is 11.8. The van der Waals surface area contributed by atoms with Crippen molar-refractivity contribution in [2.24, 2.45) is 11.7 Å². The van der Waals surface area contributed by atoms with E-state index in [1.807, 2.05) is 0 Å². The summed E-state index contributed by atoms with van der Waals surface area (Å²) in [5.74, 6) is 6.35. The van der Waals surface area contributed by atoms with E-state index in [0.29, 0.717) is 12.1 Å². The summed E-state index contributed by atoms with van der Waals surface area (Å²) >= 11 is 0. The molecule has 2 rings (SSSR count). The van der Waals surface area contributed by atoms with Gasteiger partial charge in [-0.2, -0.15) is 0 Å². The van der Waals surface area contributed by atoms with Crippen molar-refractivity contribution >= 4 is 5.91 Å². The Morgan fingerprint density at radius 3 is 3.06 bits per heavy atom. The van der Waals surface area contributed by atoms with Crippen LogP contribution < -0.4 is 11.1 Å². The van der Waals surface area contributed by atoms with Crippen LogP contribution in [0.2, 0.25) is 0 Å². The molecule has 18 heavy (non-hydrogen) atoms. The number of hydrogen-bond donors (Lipinski definition) is 2. The van der Waals surface area contributed by atoms with Gasteiger partial charge in [0, 0.05) is 24.5 Å². The van der Waals surface area contributed by atoms with Crippen molar-refractivity contribution in [2.75, 3.05) is 13.1 Å². The summed E-state index contributed by atoms with van der Waals surface area (Å²) < 4.78 is 0. The van der Waals surface area contributed by atoms with E-state index in [4.69, 9.17) is 5.73 Å². The average Bonchev–Trinajstić information content (AvgIpc) is 3.20. The van der Waals surface area contributed by atoms with Gasteiger partial charge in [-0.1, -0.05) is 24.7 Å². The van der Waals surface area contributed by atoms with Gasteiger partial charge >= 0.3 is 0 Å². The molecule has 4 nitrogen and oxygen atoms in total. The van der Waals surface area contributed by atoms with E-state index in [1.54, 1.807) is 18.5 Å². The molecule has 4 heteroatoms. The summed E-state index contributed by atoms with van der Waals surface area (Å²) in [6.45, 7) is 1.04. The maximum atomic E-state index is 11.8. The number of hydrogen-bond acceptors (Lipinski definition) is 3. The van der Waals surface area contributed by atoms with Crippen LogP contribution in [0.1, 0.15) is 35.2 Å². The quantitative estimate of drug-likeness (QED) is 0.773. The molecule has 1 aliphatic rings. The van der Waals surface area contributed by atoms with Crippen LogP contribution in [0.25, 0.3) is 0 Å². The van der Waals surface area contributed by atoms with E-state index >= 15 is 0 Å². The summed E-state index contributed by atoms with van der Waals surface area (Å²) in [6, 6.07) is 1.74. The highest BCUT2D eigenvalue weighted by Crippen LogP contribution is 2.31. The van der Waals surface area contributed by atoms with Crippen LogP contribution in [0, 0.1) is 17.8 Å². The highest BCUT2D eigenvalue weighted by Gasteiger charge is 2.20. The summed E-state index contributed by atoms with van der Waals surface area (Å²) in [5.41, 5.74) is 6.57. The standard InChI is InChI=1S/C14H17N3O/c15-6-1-2-12-8-13(10-16-9-12)14(18)17-7-5-11-3-4-11/h8-11H,3-7,15H2,(H,17,18). The molecule has 0 aromatic carbocycles. The van der Waals surface area contributed by atoms with Crippen molar-refractivity contribution in [3.63, 3.8) is 0 Å². The highest BCUT2D eigenvalue weighted by atomic mass is 16.1. The van der Waals surface area contributed by atoms with Crippen LogP contribution in [0.15, 0.2) is 18.5 Å². The van der Waals surface area contributed by atoms with Crippen LogP contribution in [0.4, 0.5) is 0 Å². The topological polar surface area (TPSA) is 68.0 Å². The molecule has 0 bridgehead atoms. The van der Waals surface area contributed by atoms with Gasteiger partial charge in [0.25, 0.3) is 5.91 Å². The number of pyridine rings is 1. The van der Waals surface area contributed by atoms with Gasteiger partial charge in [-0.3, -0.25) is 9.78 Å². The number of nitrogens with one attached hydrogen (secondary N) is 1. The third-order valence-electron chi connectivity index (χ3n) is 2.87. The summed E-state index contributed by atoms with van der Waals surface area (Å²) in [7, 11) is 0. The van der Waals surface area contributed by atoms with E-state index in [9.17, 15) is 4.79 Å². The van der Waals surface area contributed by atoms with Crippen molar-refractivity contribution in [1.82, 2.24) is 10.3 Å². The molecule has 0 spiro atoms. The third-order valence-corrected chi connectivity index (χ3v) is 2.87. The molecule has 1 heterocycles. The number of nitrogens with zero attached hydrogens (tertiary/aromatic N) is 1. The zero-order valence-electron chi connectivity index (χ0n) is 10.3. The molecule has 0 radical (unpaired) electrons. The number of aromatic nitrogens is 1. The lowest BCUT2D eigenvalue weighted by Crippen LogP contribution is -2.24. The molecule has 1 fully saturated rings. The molecule has 1 saturated carbocycles. The summed E-state index contributed by atoms with van der Waals surface area (Å²) in [5, 5.41) is 2.90. The summed E-state index contributed by atoms with van der Waals surface area (Å²) in [4.78, 5) is 15.9. The molecule has 3 N–H and O–H groups in total. The number of carbonyl (C=O) groups excluding carboxylic acids is 1. The van der Waals surface area contributed by atoms with E-state index in [-0.39, 0.29) is 5.91 Å². The van der Waals surface area contributed by atoms with Crippen molar-refractivity contribution < 1.29 is 4.79 Å². The lowest BCUT2D eigenvalue weighted by molar-refractivity contribution is 0.0952. The van der Waals surface area contributed by atoms with Gasteiger partial charge in [0.15, 0.2) is 0 Å². The third kappa shape index (κ3) is 3.86. The number of nitrogens with two attached hydrogens (primary N) is 1. The van der Waals surface area contributed by atoms with Crippen LogP contribution >= 0.6 is 0 Å². The minimum Gasteiger partial charge on any atom is -0.352 e. The molecule has 1 amide bonds. The van der Waals surface area contributed by atoms with E-state index in [1.165, 1.54) is 12.8 Å². The molecule has 0 unspecified atom stereocenters. The fraction of sp³-hybridized carbons (Fsp3) is 0.429. The Bertz CT molecular complexity index is 483. The Labute approximate surface area is 107 Å². The lowest BCUT2D eigenvalue weighted by Gasteiger charge is -2.04. The van der Waals surface area contributed by atoms with Crippen LogP contribution in [-0.4, -0.2) is 24.0 Å². The molecule has 94 valence electrons. The summed E-state index contributed by atoms with van der Waals surface area (Å²) in [6.07, 6.45) is 6.87. The predicted octanol–water partition coefficient (Wildman–Crippen LogP) is 0.922. The zero-order chi connectivity index (χ0) is 12.8. The van der Waals surface area contributed by atoms with Gasteiger partial charge in [-0.15, -0.1) is 0 Å². The first-order chi connectivity index (χ1) is 8.79. The van der Waals surface area contributed by atoms with E-state index in [0.717, 1.165) is 24.4 Å². The minimum atomic E-state index is -0.0838. The molecule has 1 aromatic rings. The number of amides is 1. The number of rotatable bonds is 4. The minimum absolute atomic E-state index is 0.0838. The fourth-order valence-electron chi connectivity index (χ4n) is 1.68. The normalized spacial score (nSPS) is 13.6.